The summed E-state index contributed by atoms with van der Waals surface area (Å²) in [5.74, 6) is 0.868. The van der Waals surface area contributed by atoms with Gasteiger partial charge in [0.2, 0.25) is 10.0 Å². The van der Waals surface area contributed by atoms with Gasteiger partial charge in [-0.05, 0) is 44.7 Å². The maximum atomic E-state index is 12.9. The number of piperidine rings is 1. The molecule has 1 amide bonds. The average molecular weight is 425 g/mol. The second-order valence-corrected chi connectivity index (χ2v) is 9.64. The monoisotopic (exact) mass is 424 g/mol. The van der Waals surface area contributed by atoms with Gasteiger partial charge in [-0.3, -0.25) is 4.79 Å². The van der Waals surface area contributed by atoms with Gasteiger partial charge in [0.1, 0.15) is 15.8 Å². The fourth-order valence-corrected chi connectivity index (χ4v) is 5.22. The van der Waals surface area contributed by atoms with E-state index in [9.17, 15) is 13.2 Å². The van der Waals surface area contributed by atoms with Crippen molar-refractivity contribution in [2.24, 2.45) is 0 Å². The van der Waals surface area contributed by atoms with E-state index < -0.39 is 10.0 Å². The van der Waals surface area contributed by atoms with Gasteiger partial charge in [0.15, 0.2) is 5.69 Å². The third-order valence-electron chi connectivity index (χ3n) is 5.20. The van der Waals surface area contributed by atoms with Crippen molar-refractivity contribution in [3.63, 3.8) is 0 Å². The Hall–Kier alpha value is -1.97. The molecule has 10 heteroatoms. The number of amides is 1. The highest BCUT2D eigenvalue weighted by Gasteiger charge is 2.36. The molecule has 2 atom stereocenters. The fraction of sp³-hybridized carbons (Fsp3) is 0.500. The number of carbonyl (C=O) groups is 1. The highest BCUT2D eigenvalue weighted by molar-refractivity contribution is 7.89. The van der Waals surface area contributed by atoms with Crippen LogP contribution >= 0.6 is 11.6 Å². The number of rotatable bonds is 5. The maximum Gasteiger partial charge on any atom is 0.273 e. The van der Waals surface area contributed by atoms with E-state index in [-0.39, 0.29) is 33.7 Å². The lowest BCUT2D eigenvalue weighted by atomic mass is 10.0. The summed E-state index contributed by atoms with van der Waals surface area (Å²) < 4.78 is 32.4. The molecule has 0 radical (unpaired) electrons. The molecule has 0 aromatic carbocycles. The van der Waals surface area contributed by atoms with Crippen molar-refractivity contribution < 1.29 is 17.7 Å². The van der Waals surface area contributed by atoms with Gasteiger partial charge in [-0.25, -0.2) is 13.4 Å². The van der Waals surface area contributed by atoms with E-state index in [0.29, 0.717) is 25.3 Å². The number of sulfonamides is 1. The minimum atomic E-state index is -3.66. The van der Waals surface area contributed by atoms with Crippen molar-refractivity contribution in [3.8, 4) is 0 Å². The number of carbonyl (C=O) groups excluding carboxylic acids is 1. The summed E-state index contributed by atoms with van der Waals surface area (Å²) in [4.78, 5) is 16.4. The number of hydrogen-bond acceptors (Lipinski definition) is 6. The lowest BCUT2D eigenvalue weighted by Crippen LogP contribution is -2.50. The summed E-state index contributed by atoms with van der Waals surface area (Å²) in [5, 5.41) is 7.04. The first kappa shape index (κ1) is 19.4. The molecule has 8 nitrogen and oxygen atoms in total. The van der Waals surface area contributed by atoms with Crippen LogP contribution in [0.5, 0.6) is 0 Å². The van der Waals surface area contributed by atoms with E-state index in [1.54, 1.807) is 6.07 Å². The molecule has 2 aromatic heterocycles. The zero-order valence-corrected chi connectivity index (χ0v) is 16.9. The molecule has 0 spiro atoms. The van der Waals surface area contributed by atoms with Crippen molar-refractivity contribution in [1.82, 2.24) is 19.8 Å². The van der Waals surface area contributed by atoms with Crippen molar-refractivity contribution in [1.29, 1.82) is 0 Å². The maximum absolute atomic E-state index is 12.9. The Morgan fingerprint density at radius 1 is 1.32 bits per heavy atom. The first-order valence-electron chi connectivity index (χ1n) is 9.25. The zero-order chi connectivity index (χ0) is 19.9. The van der Waals surface area contributed by atoms with E-state index in [4.69, 9.17) is 16.1 Å². The Morgan fingerprint density at radius 2 is 2.11 bits per heavy atom. The lowest BCUT2D eigenvalue weighted by molar-refractivity contribution is 0.0905. The lowest BCUT2D eigenvalue weighted by Gasteiger charge is -2.36. The zero-order valence-electron chi connectivity index (χ0n) is 15.3. The Labute approximate surface area is 168 Å². The first-order valence-corrected chi connectivity index (χ1v) is 11.1. The molecular weight excluding hydrogens is 404 g/mol. The summed E-state index contributed by atoms with van der Waals surface area (Å²) in [6.45, 7) is 2.14. The van der Waals surface area contributed by atoms with Gasteiger partial charge in [-0.15, -0.1) is 0 Å². The highest BCUT2D eigenvalue weighted by atomic mass is 35.5. The van der Waals surface area contributed by atoms with Crippen LogP contribution in [-0.2, 0) is 10.0 Å². The van der Waals surface area contributed by atoms with Crippen LogP contribution in [-0.4, -0.2) is 47.4 Å². The second-order valence-electron chi connectivity index (χ2n) is 7.36. The number of halogens is 1. The fourth-order valence-electron chi connectivity index (χ4n) is 3.50. The molecule has 28 heavy (non-hydrogen) atoms. The summed E-state index contributed by atoms with van der Waals surface area (Å²) >= 11 is 5.74. The largest absolute Gasteiger partial charge is 0.360 e. The number of hydrogen-bond donors (Lipinski definition) is 1. The van der Waals surface area contributed by atoms with Gasteiger partial charge in [-0.2, -0.15) is 4.31 Å². The van der Waals surface area contributed by atoms with Gasteiger partial charge in [0.25, 0.3) is 5.91 Å². The van der Waals surface area contributed by atoms with Crippen LogP contribution in [0.2, 0.25) is 5.15 Å². The normalized spacial score (nSPS) is 23.5. The molecule has 1 N–H and O–H groups in total. The molecule has 2 aliphatic rings. The third kappa shape index (κ3) is 3.92. The SMILES string of the molecule is C[C@H]1C[C@H](NC(=O)c2cc(C3CC3)on2)CCN1S(=O)(=O)c1ccc(Cl)nc1. The van der Waals surface area contributed by atoms with E-state index in [2.05, 4.69) is 15.5 Å². The number of pyridine rings is 1. The van der Waals surface area contributed by atoms with Crippen LogP contribution in [0.1, 0.15) is 54.8 Å². The molecule has 1 saturated carbocycles. The van der Waals surface area contributed by atoms with Crippen molar-refractivity contribution >= 4 is 27.5 Å². The molecule has 0 unspecified atom stereocenters. The standard InChI is InChI=1S/C18H21ClN4O4S/c1-11-8-13(21-18(24)15-9-16(27-22-15)12-2-3-12)6-7-23(11)28(25,26)14-4-5-17(19)20-10-14/h4-5,9-13H,2-3,6-8H2,1H3,(H,21,24)/t11-,13+/m0/s1. The molecule has 1 aliphatic carbocycles. The summed E-state index contributed by atoms with van der Waals surface area (Å²) in [6.07, 6.45) is 4.44. The third-order valence-corrected chi connectivity index (χ3v) is 7.42. The Kier molecular flexibility index (Phi) is 5.15. The summed E-state index contributed by atoms with van der Waals surface area (Å²) in [6, 6.07) is 4.22. The quantitative estimate of drug-likeness (QED) is 0.739. The Balaban J connectivity index is 1.39. The van der Waals surface area contributed by atoms with Gasteiger partial charge >= 0.3 is 0 Å². The van der Waals surface area contributed by atoms with Crippen molar-refractivity contribution in [2.45, 2.75) is 55.5 Å². The van der Waals surface area contributed by atoms with Crippen molar-refractivity contribution in [2.75, 3.05) is 6.54 Å². The van der Waals surface area contributed by atoms with E-state index in [1.807, 2.05) is 6.92 Å². The number of nitrogens with zero attached hydrogens (tertiary/aromatic N) is 3. The van der Waals surface area contributed by atoms with E-state index in [0.717, 1.165) is 18.6 Å². The molecule has 3 heterocycles. The number of aromatic nitrogens is 2. The van der Waals surface area contributed by atoms with Crippen LogP contribution in [0.25, 0.3) is 0 Å². The molecule has 0 bridgehead atoms. The van der Waals surface area contributed by atoms with Crippen LogP contribution < -0.4 is 5.32 Å². The molecule has 1 saturated heterocycles. The molecule has 150 valence electrons. The predicted octanol–water partition coefficient (Wildman–Crippen LogP) is 2.57. The van der Waals surface area contributed by atoms with E-state index in [1.165, 1.54) is 22.6 Å². The first-order chi connectivity index (χ1) is 13.3. The van der Waals surface area contributed by atoms with Crippen molar-refractivity contribution in [3.05, 3.63) is 41.0 Å². The molecule has 4 rings (SSSR count). The predicted molar refractivity (Wildman–Crippen MR) is 102 cm³/mol. The molecule has 1 aliphatic heterocycles. The van der Waals surface area contributed by atoms with Gasteiger partial charge < -0.3 is 9.84 Å². The van der Waals surface area contributed by atoms with E-state index >= 15 is 0 Å². The smallest absolute Gasteiger partial charge is 0.273 e. The van der Waals surface area contributed by atoms with Crippen LogP contribution in [0.4, 0.5) is 0 Å². The molecule has 2 fully saturated rings. The van der Waals surface area contributed by atoms with Crippen LogP contribution in [0, 0.1) is 0 Å². The highest BCUT2D eigenvalue weighted by Crippen LogP contribution is 2.40. The minimum Gasteiger partial charge on any atom is -0.360 e. The Morgan fingerprint density at radius 3 is 2.75 bits per heavy atom. The van der Waals surface area contributed by atoms with Gasteiger partial charge in [0, 0.05) is 36.8 Å². The van der Waals surface area contributed by atoms with Crippen LogP contribution in [0.15, 0.2) is 33.8 Å². The van der Waals surface area contributed by atoms with Crippen LogP contribution in [0.3, 0.4) is 0 Å². The second kappa shape index (κ2) is 7.46. The molecular formula is C18H21ClN4O4S. The number of nitrogens with one attached hydrogen (secondary N) is 1. The average Bonchev–Trinajstić information content (AvgIpc) is 3.38. The summed E-state index contributed by atoms with van der Waals surface area (Å²) in [5.41, 5.74) is 0.275. The van der Waals surface area contributed by atoms with Gasteiger partial charge in [-0.1, -0.05) is 16.8 Å². The Bertz CT molecular complexity index is 972. The topological polar surface area (TPSA) is 105 Å². The van der Waals surface area contributed by atoms with Gasteiger partial charge in [0.05, 0.1) is 0 Å². The minimum absolute atomic E-state index is 0.112. The summed E-state index contributed by atoms with van der Waals surface area (Å²) in [7, 11) is -3.66. The molecule has 2 aromatic rings.